The van der Waals surface area contributed by atoms with Crippen LogP contribution in [0.1, 0.15) is 22.9 Å². The van der Waals surface area contributed by atoms with Crippen LogP contribution in [-0.2, 0) is 0 Å². The first kappa shape index (κ1) is 32.0. The number of furan rings is 1. The van der Waals surface area contributed by atoms with E-state index in [2.05, 4.69) is 155 Å². The molecule has 1 unspecified atom stereocenters. The Hall–Kier alpha value is -7.28. The summed E-state index contributed by atoms with van der Waals surface area (Å²) in [6.07, 6.45) is -0.324. The van der Waals surface area contributed by atoms with Crippen molar-refractivity contribution in [1.82, 2.24) is 9.88 Å². The van der Waals surface area contributed by atoms with Gasteiger partial charge in [0.1, 0.15) is 23.2 Å². The standard InChI is InChI=1S/C51H32N4OS/c1-3-12-31(13-4-1)49-52-50(32-14-5-2-6-15-32)54-51(53-49)38-18-11-21-47-48(38)41-29-34(23-27-46(41)57-47)33-22-25-44-39(28-33)40-30-35(24-26-45(40)56-44)55-42-19-9-7-16-36(42)37-17-8-10-20-43(37)55/h1-30,51H,(H,52,53,54). The number of thiophene rings is 1. The van der Waals surface area contributed by atoms with Crippen LogP contribution in [0.15, 0.2) is 196 Å². The zero-order chi connectivity index (χ0) is 37.5. The molecule has 0 amide bonds. The molecule has 268 valence electrons. The van der Waals surface area contributed by atoms with E-state index in [-0.39, 0.29) is 6.17 Å². The Morgan fingerprint density at radius 3 is 1.88 bits per heavy atom. The molecule has 0 radical (unpaired) electrons. The van der Waals surface area contributed by atoms with E-state index < -0.39 is 0 Å². The van der Waals surface area contributed by atoms with Crippen molar-refractivity contribution >= 4 is 86.9 Å². The molecule has 1 aliphatic heterocycles. The highest BCUT2D eigenvalue weighted by atomic mass is 32.1. The lowest BCUT2D eigenvalue weighted by Crippen LogP contribution is -2.33. The molecule has 12 rings (SSSR count). The van der Waals surface area contributed by atoms with Crippen LogP contribution in [-0.4, -0.2) is 16.2 Å². The van der Waals surface area contributed by atoms with Gasteiger partial charge in [0, 0.05) is 64.1 Å². The summed E-state index contributed by atoms with van der Waals surface area (Å²) in [6, 6.07) is 64.4. The third-order valence-electron chi connectivity index (χ3n) is 11.3. The summed E-state index contributed by atoms with van der Waals surface area (Å²) in [4.78, 5) is 10.3. The van der Waals surface area contributed by atoms with E-state index >= 15 is 0 Å². The molecular weight excluding hydrogens is 717 g/mol. The largest absolute Gasteiger partial charge is 0.456 e. The molecule has 0 saturated carbocycles. The Morgan fingerprint density at radius 1 is 0.491 bits per heavy atom. The molecule has 1 N–H and O–H groups in total. The maximum absolute atomic E-state index is 6.43. The number of hydrogen-bond donors (Lipinski definition) is 1. The van der Waals surface area contributed by atoms with Gasteiger partial charge < -0.3 is 14.3 Å². The number of para-hydroxylation sites is 2. The van der Waals surface area contributed by atoms with Gasteiger partial charge in [0.25, 0.3) is 0 Å². The second-order valence-corrected chi connectivity index (χ2v) is 15.7. The van der Waals surface area contributed by atoms with Crippen molar-refractivity contribution in [2.24, 2.45) is 9.98 Å². The molecule has 57 heavy (non-hydrogen) atoms. The minimum absolute atomic E-state index is 0.324. The quantitative estimate of drug-likeness (QED) is 0.191. The van der Waals surface area contributed by atoms with E-state index in [4.69, 9.17) is 14.4 Å². The van der Waals surface area contributed by atoms with Gasteiger partial charge in [-0.2, -0.15) is 0 Å². The summed E-state index contributed by atoms with van der Waals surface area (Å²) in [7, 11) is 0. The molecular formula is C51H32N4OS. The normalized spacial score (nSPS) is 14.5. The molecule has 3 aromatic heterocycles. The van der Waals surface area contributed by atoms with Crippen molar-refractivity contribution in [3.8, 4) is 16.8 Å². The summed E-state index contributed by atoms with van der Waals surface area (Å²) in [5.74, 6) is 1.53. The van der Waals surface area contributed by atoms with Crippen LogP contribution in [0.25, 0.3) is 80.7 Å². The van der Waals surface area contributed by atoms with Crippen LogP contribution in [0.5, 0.6) is 0 Å². The number of aromatic nitrogens is 1. The van der Waals surface area contributed by atoms with Crippen LogP contribution >= 0.6 is 11.3 Å². The number of hydrogen-bond acceptors (Lipinski definition) is 5. The summed E-state index contributed by atoms with van der Waals surface area (Å²) in [5.41, 5.74) is 10.7. The summed E-state index contributed by atoms with van der Waals surface area (Å²) >= 11 is 1.82. The fraction of sp³-hybridized carbons (Fsp3) is 0.0196. The lowest BCUT2D eigenvalue weighted by molar-refractivity contribution is 0.669. The van der Waals surface area contributed by atoms with Crippen molar-refractivity contribution in [2.75, 3.05) is 0 Å². The first-order valence-electron chi connectivity index (χ1n) is 19.2. The first-order chi connectivity index (χ1) is 28.2. The number of aliphatic imine (C=N–C) groups is 2. The Balaban J connectivity index is 0.987. The topological polar surface area (TPSA) is 54.8 Å². The Bertz CT molecular complexity index is 3390. The number of nitrogens with one attached hydrogen (secondary N) is 1. The van der Waals surface area contributed by atoms with Crippen molar-refractivity contribution in [1.29, 1.82) is 0 Å². The fourth-order valence-electron chi connectivity index (χ4n) is 8.61. The number of nitrogens with zero attached hydrogens (tertiary/aromatic N) is 3. The van der Waals surface area contributed by atoms with Gasteiger partial charge in [0.05, 0.1) is 11.0 Å². The van der Waals surface area contributed by atoms with Gasteiger partial charge in [0.2, 0.25) is 0 Å². The SMILES string of the molecule is c1ccc(C2=NC(c3cccc4sc5ccc(-c6ccc7oc8ccc(-n9c%10ccccc%10c%10ccccc%109)cc8c7c6)cc5c34)NC(c3ccccc3)=N2)cc1. The summed E-state index contributed by atoms with van der Waals surface area (Å²) < 4.78 is 11.3. The van der Waals surface area contributed by atoms with E-state index in [9.17, 15) is 0 Å². The van der Waals surface area contributed by atoms with Gasteiger partial charge in [-0.25, -0.2) is 9.98 Å². The summed E-state index contributed by atoms with van der Waals surface area (Å²) in [6.45, 7) is 0. The molecule has 0 spiro atoms. The van der Waals surface area contributed by atoms with Gasteiger partial charge in [-0.3, -0.25) is 0 Å². The zero-order valence-electron chi connectivity index (χ0n) is 30.6. The van der Waals surface area contributed by atoms with Gasteiger partial charge >= 0.3 is 0 Å². The molecule has 8 aromatic carbocycles. The van der Waals surface area contributed by atoms with Crippen molar-refractivity contribution in [3.05, 3.63) is 199 Å². The van der Waals surface area contributed by atoms with Crippen LogP contribution in [0.4, 0.5) is 0 Å². The average molecular weight is 749 g/mol. The molecule has 6 heteroatoms. The average Bonchev–Trinajstić information content (AvgIpc) is 3.95. The monoisotopic (exact) mass is 748 g/mol. The predicted molar refractivity (Wildman–Crippen MR) is 238 cm³/mol. The van der Waals surface area contributed by atoms with E-state index in [0.29, 0.717) is 0 Å². The number of amidine groups is 2. The van der Waals surface area contributed by atoms with Gasteiger partial charge in [-0.05, 0) is 71.8 Å². The molecule has 1 aliphatic rings. The maximum atomic E-state index is 6.43. The lowest BCUT2D eigenvalue weighted by atomic mass is 9.98. The van der Waals surface area contributed by atoms with E-state index in [0.717, 1.165) is 67.1 Å². The molecule has 1 atom stereocenters. The molecule has 0 fully saturated rings. The van der Waals surface area contributed by atoms with Crippen molar-refractivity contribution in [3.63, 3.8) is 0 Å². The van der Waals surface area contributed by atoms with E-state index in [1.54, 1.807) is 0 Å². The molecule has 0 saturated heterocycles. The zero-order valence-corrected chi connectivity index (χ0v) is 31.4. The van der Waals surface area contributed by atoms with E-state index in [1.165, 1.54) is 42.0 Å². The second kappa shape index (κ2) is 12.6. The van der Waals surface area contributed by atoms with Gasteiger partial charge in [-0.1, -0.05) is 121 Å². The molecule has 0 bridgehead atoms. The predicted octanol–water partition coefficient (Wildman–Crippen LogP) is 13.2. The van der Waals surface area contributed by atoms with Crippen LogP contribution in [0, 0.1) is 0 Å². The van der Waals surface area contributed by atoms with Crippen LogP contribution in [0.2, 0.25) is 0 Å². The lowest BCUT2D eigenvalue weighted by Gasteiger charge is -2.24. The minimum atomic E-state index is -0.324. The Kier molecular flexibility index (Phi) is 7.09. The highest BCUT2D eigenvalue weighted by molar-refractivity contribution is 7.25. The summed E-state index contributed by atoms with van der Waals surface area (Å²) in [5, 5.41) is 10.8. The first-order valence-corrected chi connectivity index (χ1v) is 20.0. The van der Waals surface area contributed by atoms with Crippen LogP contribution in [0.3, 0.4) is 0 Å². The smallest absolute Gasteiger partial charge is 0.159 e. The highest BCUT2D eigenvalue weighted by Gasteiger charge is 2.24. The number of fused-ring (bicyclic) bond motifs is 9. The molecule has 11 aromatic rings. The highest BCUT2D eigenvalue weighted by Crippen LogP contribution is 2.42. The second-order valence-electron chi connectivity index (χ2n) is 14.6. The third-order valence-corrected chi connectivity index (χ3v) is 12.4. The minimum Gasteiger partial charge on any atom is -0.456 e. The number of benzene rings is 8. The fourth-order valence-corrected chi connectivity index (χ4v) is 9.74. The van der Waals surface area contributed by atoms with Gasteiger partial charge in [0.15, 0.2) is 5.84 Å². The third kappa shape index (κ3) is 5.15. The van der Waals surface area contributed by atoms with E-state index in [1.807, 2.05) is 47.7 Å². The molecule has 0 aliphatic carbocycles. The van der Waals surface area contributed by atoms with Crippen molar-refractivity contribution in [2.45, 2.75) is 6.17 Å². The van der Waals surface area contributed by atoms with Gasteiger partial charge in [-0.15, -0.1) is 11.3 Å². The molecule has 4 heterocycles. The maximum Gasteiger partial charge on any atom is 0.159 e. The number of rotatable bonds is 5. The Morgan fingerprint density at radius 2 is 1.12 bits per heavy atom. The molecule has 5 nitrogen and oxygen atoms in total. The van der Waals surface area contributed by atoms with Crippen LogP contribution < -0.4 is 5.32 Å². The van der Waals surface area contributed by atoms with Crippen molar-refractivity contribution < 1.29 is 4.42 Å². The Labute approximate surface area is 331 Å².